The van der Waals surface area contributed by atoms with Crippen LogP contribution in [0.3, 0.4) is 0 Å². The molecule has 0 saturated heterocycles. The predicted octanol–water partition coefficient (Wildman–Crippen LogP) is 5.98. The lowest BCUT2D eigenvalue weighted by molar-refractivity contribution is -0.156. The first-order chi connectivity index (χ1) is 11.7. The summed E-state index contributed by atoms with van der Waals surface area (Å²) < 4.78 is 5.03. The van der Waals surface area contributed by atoms with Crippen molar-refractivity contribution < 1.29 is 9.53 Å². The van der Waals surface area contributed by atoms with Crippen molar-refractivity contribution in [1.82, 2.24) is 0 Å². The molecule has 5 atom stereocenters. The van der Waals surface area contributed by atoms with Gasteiger partial charge in [0.15, 0.2) is 0 Å². The number of esters is 1. The summed E-state index contributed by atoms with van der Waals surface area (Å²) >= 11 is 6.29. The lowest BCUT2D eigenvalue weighted by Gasteiger charge is -2.65. The Hall–Kier alpha value is -0.500. The first kappa shape index (κ1) is 19.3. The predicted molar refractivity (Wildman–Crippen MR) is 104 cm³/mol. The summed E-state index contributed by atoms with van der Waals surface area (Å²) in [5.74, 6) is 2.10. The molecular formula is C22H35ClO2. The van der Waals surface area contributed by atoms with Crippen molar-refractivity contribution in [2.45, 2.75) is 72.6 Å². The van der Waals surface area contributed by atoms with E-state index < -0.39 is 0 Å². The minimum atomic E-state index is -0.0980. The standard InChI is InChI=1S/C22H35ClO2/c1-20(2)10-6-11-22(4)17(20)9-12-21(3)16(13-19(24)25-5)15(14-23)7-8-18(21)22/h7,16-18H,6,8-14H2,1-5H3/t16-,17+,18+,21+,22+/m1/s1. The molecule has 25 heavy (non-hydrogen) atoms. The van der Waals surface area contributed by atoms with Crippen molar-refractivity contribution in [3.8, 4) is 0 Å². The van der Waals surface area contributed by atoms with Crippen LogP contribution in [0.25, 0.3) is 0 Å². The smallest absolute Gasteiger partial charge is 0.306 e. The summed E-state index contributed by atoms with van der Waals surface area (Å²) in [6.45, 7) is 9.95. The Morgan fingerprint density at radius 3 is 2.52 bits per heavy atom. The Morgan fingerprint density at radius 2 is 1.88 bits per heavy atom. The Kier molecular flexibility index (Phi) is 5.08. The van der Waals surface area contributed by atoms with Crippen LogP contribution in [0, 0.1) is 34.0 Å². The number of carbonyl (C=O) groups excluding carboxylic acids is 1. The molecular weight excluding hydrogens is 332 g/mol. The number of fused-ring (bicyclic) bond motifs is 3. The lowest BCUT2D eigenvalue weighted by atomic mass is 9.39. The zero-order valence-corrected chi connectivity index (χ0v) is 17.4. The number of allylic oxidation sites excluding steroid dienone is 2. The number of alkyl halides is 1. The van der Waals surface area contributed by atoms with E-state index in [1.165, 1.54) is 44.8 Å². The van der Waals surface area contributed by atoms with E-state index in [2.05, 4.69) is 33.8 Å². The maximum absolute atomic E-state index is 12.1. The fourth-order valence-electron chi connectivity index (χ4n) is 7.24. The Bertz CT molecular complexity index is 566. The van der Waals surface area contributed by atoms with Crippen molar-refractivity contribution in [2.75, 3.05) is 13.0 Å². The normalized spacial score (nSPS) is 42.8. The van der Waals surface area contributed by atoms with Gasteiger partial charge in [-0.2, -0.15) is 0 Å². The van der Waals surface area contributed by atoms with Crippen LogP contribution in [0.2, 0.25) is 0 Å². The average molecular weight is 367 g/mol. The molecule has 0 bridgehead atoms. The molecule has 3 aliphatic carbocycles. The van der Waals surface area contributed by atoms with Gasteiger partial charge in [0, 0.05) is 5.88 Å². The van der Waals surface area contributed by atoms with Crippen LogP contribution < -0.4 is 0 Å². The topological polar surface area (TPSA) is 26.3 Å². The van der Waals surface area contributed by atoms with Crippen molar-refractivity contribution in [3.63, 3.8) is 0 Å². The maximum atomic E-state index is 12.1. The van der Waals surface area contributed by atoms with Crippen LogP contribution in [0.5, 0.6) is 0 Å². The van der Waals surface area contributed by atoms with E-state index in [9.17, 15) is 4.79 Å². The highest BCUT2D eigenvalue weighted by Crippen LogP contribution is 2.68. The summed E-state index contributed by atoms with van der Waals surface area (Å²) in [4.78, 5) is 12.1. The molecule has 0 aromatic carbocycles. The number of methoxy groups -OCH3 is 1. The maximum Gasteiger partial charge on any atom is 0.306 e. The van der Waals surface area contributed by atoms with Crippen LogP contribution >= 0.6 is 11.6 Å². The fraction of sp³-hybridized carbons (Fsp3) is 0.864. The second-order valence-corrected chi connectivity index (χ2v) is 10.2. The number of ether oxygens (including phenoxy) is 1. The number of rotatable bonds is 3. The monoisotopic (exact) mass is 366 g/mol. The molecule has 0 amide bonds. The van der Waals surface area contributed by atoms with Gasteiger partial charge in [0.25, 0.3) is 0 Å². The quantitative estimate of drug-likeness (QED) is 0.348. The van der Waals surface area contributed by atoms with E-state index in [4.69, 9.17) is 16.3 Å². The third-order valence-corrected chi connectivity index (χ3v) is 8.76. The third-order valence-electron chi connectivity index (χ3n) is 8.45. The largest absolute Gasteiger partial charge is 0.469 e. The van der Waals surface area contributed by atoms with Gasteiger partial charge >= 0.3 is 5.97 Å². The number of halogens is 1. The van der Waals surface area contributed by atoms with Gasteiger partial charge in [-0.25, -0.2) is 0 Å². The fourth-order valence-corrected chi connectivity index (χ4v) is 7.53. The Balaban J connectivity index is 2.00. The minimum absolute atomic E-state index is 0.0980. The second kappa shape index (κ2) is 6.59. The SMILES string of the molecule is COC(=O)C[C@@H]1C(CCl)=CC[C@H]2[C@@]1(C)CC[C@H]1C(C)(C)CCC[C@]21C. The van der Waals surface area contributed by atoms with Gasteiger partial charge in [0.1, 0.15) is 0 Å². The molecule has 0 N–H and O–H groups in total. The molecule has 0 radical (unpaired) electrons. The molecule has 0 aliphatic heterocycles. The number of hydrogen-bond acceptors (Lipinski definition) is 2. The molecule has 0 heterocycles. The van der Waals surface area contributed by atoms with Crippen LogP contribution in [0.4, 0.5) is 0 Å². The molecule has 0 unspecified atom stereocenters. The first-order valence-corrected chi connectivity index (χ1v) is 10.5. The molecule has 142 valence electrons. The van der Waals surface area contributed by atoms with Crippen molar-refractivity contribution >= 4 is 17.6 Å². The van der Waals surface area contributed by atoms with Gasteiger partial charge in [-0.05, 0) is 66.1 Å². The molecule has 3 heteroatoms. The molecule has 3 rings (SSSR count). The van der Waals surface area contributed by atoms with Gasteiger partial charge in [0.05, 0.1) is 13.5 Å². The van der Waals surface area contributed by atoms with Crippen LogP contribution in [0.1, 0.15) is 72.6 Å². The summed E-state index contributed by atoms with van der Waals surface area (Å²) in [5, 5.41) is 0. The average Bonchev–Trinajstić information content (AvgIpc) is 2.54. The van der Waals surface area contributed by atoms with E-state index in [-0.39, 0.29) is 17.3 Å². The zero-order chi connectivity index (χ0) is 18.5. The highest BCUT2D eigenvalue weighted by molar-refractivity contribution is 6.19. The number of carbonyl (C=O) groups is 1. The lowest BCUT2D eigenvalue weighted by Crippen LogP contribution is -2.58. The van der Waals surface area contributed by atoms with Crippen molar-refractivity contribution in [2.24, 2.45) is 34.0 Å². The number of hydrogen-bond donors (Lipinski definition) is 0. The summed E-state index contributed by atoms with van der Waals surface area (Å²) in [5.41, 5.74) is 2.23. The molecule has 0 aromatic heterocycles. The summed E-state index contributed by atoms with van der Waals surface area (Å²) in [6.07, 6.45) is 10.5. The van der Waals surface area contributed by atoms with E-state index in [0.717, 1.165) is 12.3 Å². The molecule has 0 aromatic rings. The van der Waals surface area contributed by atoms with Crippen LogP contribution in [-0.2, 0) is 9.53 Å². The van der Waals surface area contributed by atoms with Crippen LogP contribution in [0.15, 0.2) is 11.6 Å². The van der Waals surface area contributed by atoms with Crippen LogP contribution in [-0.4, -0.2) is 19.0 Å². The first-order valence-electron chi connectivity index (χ1n) is 10.0. The Labute approximate surface area is 158 Å². The molecule has 2 fully saturated rings. The minimum Gasteiger partial charge on any atom is -0.469 e. The van der Waals surface area contributed by atoms with E-state index in [1.54, 1.807) is 0 Å². The third kappa shape index (κ3) is 2.97. The Morgan fingerprint density at radius 1 is 1.16 bits per heavy atom. The van der Waals surface area contributed by atoms with E-state index >= 15 is 0 Å². The second-order valence-electron chi connectivity index (χ2n) is 9.98. The summed E-state index contributed by atoms with van der Waals surface area (Å²) in [6, 6.07) is 0. The van der Waals surface area contributed by atoms with Crippen molar-refractivity contribution in [1.29, 1.82) is 0 Å². The molecule has 2 nitrogen and oxygen atoms in total. The van der Waals surface area contributed by atoms with Crippen molar-refractivity contribution in [3.05, 3.63) is 11.6 Å². The van der Waals surface area contributed by atoms with E-state index in [0.29, 0.717) is 29.0 Å². The van der Waals surface area contributed by atoms with Gasteiger partial charge in [0.2, 0.25) is 0 Å². The molecule has 3 aliphatic rings. The van der Waals surface area contributed by atoms with Gasteiger partial charge in [-0.1, -0.05) is 45.8 Å². The highest BCUT2D eigenvalue weighted by Gasteiger charge is 2.60. The van der Waals surface area contributed by atoms with Gasteiger partial charge in [-0.15, -0.1) is 11.6 Å². The molecule has 0 spiro atoms. The zero-order valence-electron chi connectivity index (χ0n) is 16.7. The van der Waals surface area contributed by atoms with Gasteiger partial charge < -0.3 is 4.74 Å². The van der Waals surface area contributed by atoms with E-state index in [1.807, 2.05) is 0 Å². The summed E-state index contributed by atoms with van der Waals surface area (Å²) in [7, 11) is 1.50. The van der Waals surface area contributed by atoms with Gasteiger partial charge in [-0.3, -0.25) is 4.79 Å². The highest BCUT2D eigenvalue weighted by atomic mass is 35.5. The molecule has 2 saturated carbocycles.